The summed E-state index contributed by atoms with van der Waals surface area (Å²) >= 11 is 5.17. The van der Waals surface area contributed by atoms with Gasteiger partial charge in [0.15, 0.2) is 4.77 Å². The SMILES string of the molecule is CCC(C)n1c(O)c(/C=C2/C(C)=Nc3ccc([N+](=O)[O-])cc32)c(=O)[nH]c1=S. The Hall–Kier alpha value is -3.07. The van der Waals surface area contributed by atoms with Crippen LogP contribution in [0, 0.1) is 14.9 Å². The highest BCUT2D eigenvalue weighted by Crippen LogP contribution is 2.38. The second-order valence-corrected chi connectivity index (χ2v) is 6.72. The summed E-state index contributed by atoms with van der Waals surface area (Å²) in [4.78, 5) is 30.0. The number of fused-ring (bicyclic) bond motifs is 1. The van der Waals surface area contributed by atoms with Crippen LogP contribution in [0.25, 0.3) is 11.6 Å². The number of aliphatic imine (C=N–C) groups is 1. The molecule has 1 aliphatic heterocycles. The maximum Gasteiger partial charge on any atom is 0.270 e. The summed E-state index contributed by atoms with van der Waals surface area (Å²) in [5.74, 6) is -0.239. The molecule has 2 aromatic rings. The highest BCUT2D eigenvalue weighted by molar-refractivity contribution is 7.71. The van der Waals surface area contributed by atoms with Gasteiger partial charge in [-0.1, -0.05) is 6.92 Å². The molecule has 0 saturated heterocycles. The van der Waals surface area contributed by atoms with Gasteiger partial charge in [0.05, 0.1) is 10.6 Å². The van der Waals surface area contributed by atoms with Gasteiger partial charge in [0, 0.05) is 35.0 Å². The fourth-order valence-corrected chi connectivity index (χ4v) is 3.35. The number of H-pyrrole nitrogens is 1. The van der Waals surface area contributed by atoms with E-state index in [4.69, 9.17) is 12.2 Å². The normalized spacial score (nSPS) is 15.5. The van der Waals surface area contributed by atoms with E-state index in [0.717, 1.165) is 0 Å². The number of aromatic nitrogens is 2. The molecule has 2 N–H and O–H groups in total. The molecule has 8 nitrogen and oxygen atoms in total. The van der Waals surface area contributed by atoms with Crippen LogP contribution in [0.5, 0.6) is 5.88 Å². The Morgan fingerprint density at radius 2 is 2.19 bits per heavy atom. The summed E-state index contributed by atoms with van der Waals surface area (Å²) in [5.41, 5.74) is 1.69. The van der Waals surface area contributed by atoms with Crippen molar-refractivity contribution in [3.63, 3.8) is 0 Å². The Morgan fingerprint density at radius 3 is 2.81 bits per heavy atom. The summed E-state index contributed by atoms with van der Waals surface area (Å²) in [6.45, 7) is 5.57. The maximum atomic E-state index is 12.4. The average Bonchev–Trinajstić information content (AvgIpc) is 2.92. The van der Waals surface area contributed by atoms with E-state index < -0.39 is 10.5 Å². The number of aromatic hydroxyl groups is 1. The molecular weight excluding hydrogens is 368 g/mol. The lowest BCUT2D eigenvalue weighted by Crippen LogP contribution is -2.19. The molecule has 9 heteroatoms. The third-order valence-electron chi connectivity index (χ3n) is 4.63. The van der Waals surface area contributed by atoms with Gasteiger partial charge < -0.3 is 5.11 Å². The van der Waals surface area contributed by atoms with Crippen molar-refractivity contribution in [2.24, 2.45) is 4.99 Å². The van der Waals surface area contributed by atoms with Gasteiger partial charge in [0.25, 0.3) is 11.2 Å². The van der Waals surface area contributed by atoms with E-state index in [1.54, 1.807) is 13.0 Å². The smallest absolute Gasteiger partial charge is 0.270 e. The van der Waals surface area contributed by atoms with Gasteiger partial charge in [-0.25, -0.2) is 0 Å². The Kier molecular flexibility index (Phi) is 4.79. The lowest BCUT2D eigenvalue weighted by molar-refractivity contribution is -0.384. The maximum absolute atomic E-state index is 12.4. The van der Waals surface area contributed by atoms with Crippen molar-refractivity contribution >= 4 is 41.0 Å². The molecular formula is C18H18N4O4S. The summed E-state index contributed by atoms with van der Waals surface area (Å²) in [7, 11) is 0. The van der Waals surface area contributed by atoms with Gasteiger partial charge in [-0.2, -0.15) is 0 Å². The Morgan fingerprint density at radius 1 is 1.48 bits per heavy atom. The van der Waals surface area contributed by atoms with Crippen molar-refractivity contribution in [2.45, 2.75) is 33.2 Å². The molecule has 0 saturated carbocycles. The molecule has 1 unspecified atom stereocenters. The van der Waals surface area contributed by atoms with Crippen LogP contribution in [0.1, 0.15) is 44.4 Å². The monoisotopic (exact) mass is 386 g/mol. The van der Waals surface area contributed by atoms with Crippen LogP contribution in [0.15, 0.2) is 28.0 Å². The zero-order valence-electron chi connectivity index (χ0n) is 15.0. The minimum absolute atomic E-state index is 0.0350. The molecule has 1 aliphatic rings. The fraction of sp³-hybridized carbons (Fsp3) is 0.278. The number of rotatable bonds is 4. The molecule has 0 radical (unpaired) electrons. The molecule has 0 fully saturated rings. The molecule has 3 rings (SSSR count). The summed E-state index contributed by atoms with van der Waals surface area (Å²) in [6, 6.07) is 4.24. The van der Waals surface area contributed by atoms with E-state index in [2.05, 4.69) is 9.98 Å². The number of benzene rings is 1. The highest BCUT2D eigenvalue weighted by atomic mass is 32.1. The van der Waals surface area contributed by atoms with Crippen LogP contribution in [-0.4, -0.2) is 25.3 Å². The molecule has 0 amide bonds. The van der Waals surface area contributed by atoms with Gasteiger partial charge in [-0.05, 0) is 44.6 Å². The van der Waals surface area contributed by atoms with Crippen LogP contribution in [0.3, 0.4) is 0 Å². The number of nitro benzene ring substituents is 1. The molecule has 27 heavy (non-hydrogen) atoms. The van der Waals surface area contributed by atoms with E-state index in [1.807, 2.05) is 13.8 Å². The first-order valence-electron chi connectivity index (χ1n) is 8.38. The largest absolute Gasteiger partial charge is 0.494 e. The molecule has 2 heterocycles. The van der Waals surface area contributed by atoms with Gasteiger partial charge in [-0.3, -0.25) is 29.5 Å². The molecule has 1 aromatic carbocycles. The number of aromatic amines is 1. The van der Waals surface area contributed by atoms with E-state index in [0.29, 0.717) is 29.0 Å². The fourth-order valence-electron chi connectivity index (χ4n) is 2.99. The van der Waals surface area contributed by atoms with Gasteiger partial charge in [0.1, 0.15) is 5.56 Å². The lowest BCUT2D eigenvalue weighted by atomic mass is 10.0. The van der Waals surface area contributed by atoms with Crippen molar-refractivity contribution < 1.29 is 10.0 Å². The summed E-state index contributed by atoms with van der Waals surface area (Å²) in [6.07, 6.45) is 2.20. The van der Waals surface area contributed by atoms with Crippen LogP contribution in [0.4, 0.5) is 11.4 Å². The Balaban J connectivity index is 2.24. The molecule has 1 aromatic heterocycles. The van der Waals surface area contributed by atoms with Crippen LogP contribution in [-0.2, 0) is 0 Å². The third-order valence-corrected chi connectivity index (χ3v) is 4.93. The van der Waals surface area contributed by atoms with Gasteiger partial charge in [-0.15, -0.1) is 0 Å². The van der Waals surface area contributed by atoms with Crippen LogP contribution < -0.4 is 5.56 Å². The van der Waals surface area contributed by atoms with Crippen LogP contribution >= 0.6 is 12.2 Å². The van der Waals surface area contributed by atoms with Crippen molar-refractivity contribution in [1.29, 1.82) is 0 Å². The molecule has 1 atom stereocenters. The van der Waals surface area contributed by atoms with E-state index in [-0.39, 0.29) is 27.9 Å². The zero-order chi connectivity index (χ0) is 19.9. The Bertz CT molecular complexity index is 1130. The third kappa shape index (κ3) is 3.21. The first kappa shape index (κ1) is 18.7. The molecule has 0 bridgehead atoms. The second kappa shape index (κ2) is 6.92. The minimum atomic E-state index is -0.531. The standard InChI is InChI=1S/C18H18N4O4S/c1-4-9(2)21-17(24)14(16(23)20-18(21)27)8-12-10(3)19-15-6-5-11(22(25)26)7-13(12)15/h5-9,24H,4H2,1-3H3,(H,20,23,27)/b12-8-. The predicted octanol–water partition coefficient (Wildman–Crippen LogP) is 4.14. The first-order valence-corrected chi connectivity index (χ1v) is 8.79. The van der Waals surface area contributed by atoms with Crippen molar-refractivity contribution in [2.75, 3.05) is 0 Å². The van der Waals surface area contributed by atoms with Gasteiger partial charge >= 0.3 is 0 Å². The highest BCUT2D eigenvalue weighted by Gasteiger charge is 2.23. The first-order chi connectivity index (χ1) is 12.7. The van der Waals surface area contributed by atoms with E-state index in [9.17, 15) is 20.0 Å². The van der Waals surface area contributed by atoms with E-state index in [1.165, 1.54) is 22.8 Å². The average molecular weight is 386 g/mol. The van der Waals surface area contributed by atoms with Crippen LogP contribution in [0.2, 0.25) is 0 Å². The molecule has 0 spiro atoms. The summed E-state index contributed by atoms with van der Waals surface area (Å²) in [5, 5.41) is 21.8. The predicted molar refractivity (Wildman–Crippen MR) is 106 cm³/mol. The quantitative estimate of drug-likeness (QED) is 0.466. The number of non-ortho nitro benzene ring substituents is 1. The van der Waals surface area contributed by atoms with Crippen molar-refractivity contribution in [3.8, 4) is 5.88 Å². The number of hydrogen-bond donors (Lipinski definition) is 2. The number of nitro groups is 1. The number of nitrogens with zero attached hydrogens (tertiary/aromatic N) is 3. The molecule has 140 valence electrons. The molecule has 0 aliphatic carbocycles. The number of hydrogen-bond acceptors (Lipinski definition) is 6. The summed E-state index contributed by atoms with van der Waals surface area (Å²) < 4.78 is 1.63. The Labute approximate surface area is 159 Å². The number of allylic oxidation sites excluding steroid dienone is 1. The van der Waals surface area contributed by atoms with E-state index >= 15 is 0 Å². The number of nitrogens with one attached hydrogen (secondary N) is 1. The van der Waals surface area contributed by atoms with Gasteiger partial charge in [0.2, 0.25) is 5.88 Å². The minimum Gasteiger partial charge on any atom is -0.494 e. The topological polar surface area (TPSA) is 114 Å². The van der Waals surface area contributed by atoms with Crippen molar-refractivity contribution in [1.82, 2.24) is 9.55 Å². The van der Waals surface area contributed by atoms with Crippen molar-refractivity contribution in [3.05, 3.63) is 54.6 Å². The zero-order valence-corrected chi connectivity index (χ0v) is 15.8. The second-order valence-electron chi connectivity index (χ2n) is 6.34. The lowest BCUT2D eigenvalue weighted by Gasteiger charge is -2.17.